The monoisotopic (exact) mass is 256 g/mol. The summed E-state index contributed by atoms with van der Waals surface area (Å²) >= 11 is 3.46. The first kappa shape index (κ1) is 9.93. The van der Waals surface area contributed by atoms with E-state index in [1.807, 2.05) is 6.07 Å². The molecule has 4 heteroatoms. The summed E-state index contributed by atoms with van der Waals surface area (Å²) in [5, 5.41) is 3.44. The summed E-state index contributed by atoms with van der Waals surface area (Å²) in [5.74, 6) is 0. The third kappa shape index (κ3) is 2.45. The molecular formula is C10H13BrN2O. The predicted octanol–water partition coefficient (Wildman–Crippen LogP) is 2.44. The molecule has 1 atom stereocenters. The van der Waals surface area contributed by atoms with Crippen LogP contribution in [0.15, 0.2) is 22.9 Å². The van der Waals surface area contributed by atoms with Crippen LogP contribution in [0.25, 0.3) is 0 Å². The SMILES string of the molecule is Brc1cnccc1N[C@@H]1CCCOC1. The fraction of sp³-hybridized carbons (Fsp3) is 0.500. The molecule has 14 heavy (non-hydrogen) atoms. The largest absolute Gasteiger partial charge is 0.379 e. The lowest BCUT2D eigenvalue weighted by atomic mass is 10.1. The van der Waals surface area contributed by atoms with Gasteiger partial charge in [-0.2, -0.15) is 0 Å². The number of ether oxygens (including phenoxy) is 1. The van der Waals surface area contributed by atoms with Gasteiger partial charge in [-0.15, -0.1) is 0 Å². The highest BCUT2D eigenvalue weighted by Crippen LogP contribution is 2.22. The Morgan fingerprint density at radius 2 is 2.50 bits per heavy atom. The summed E-state index contributed by atoms with van der Waals surface area (Å²) in [6.07, 6.45) is 5.90. The van der Waals surface area contributed by atoms with E-state index in [-0.39, 0.29) is 0 Å². The van der Waals surface area contributed by atoms with Crippen LogP contribution in [0, 0.1) is 0 Å². The van der Waals surface area contributed by atoms with E-state index in [2.05, 4.69) is 26.2 Å². The molecule has 1 fully saturated rings. The zero-order chi connectivity index (χ0) is 9.80. The molecule has 0 saturated carbocycles. The van der Waals surface area contributed by atoms with E-state index in [0.717, 1.165) is 29.8 Å². The van der Waals surface area contributed by atoms with Crippen LogP contribution in [0.4, 0.5) is 5.69 Å². The summed E-state index contributed by atoms with van der Waals surface area (Å²) in [4.78, 5) is 4.02. The van der Waals surface area contributed by atoms with Crippen molar-refractivity contribution in [1.82, 2.24) is 4.98 Å². The Morgan fingerprint density at radius 3 is 3.21 bits per heavy atom. The van der Waals surface area contributed by atoms with Crippen molar-refractivity contribution in [3.05, 3.63) is 22.9 Å². The quantitative estimate of drug-likeness (QED) is 0.883. The van der Waals surface area contributed by atoms with Crippen molar-refractivity contribution in [2.45, 2.75) is 18.9 Å². The zero-order valence-corrected chi connectivity index (χ0v) is 9.46. The number of nitrogens with zero attached hydrogens (tertiary/aromatic N) is 1. The number of nitrogens with one attached hydrogen (secondary N) is 1. The fourth-order valence-corrected chi connectivity index (χ4v) is 1.93. The third-order valence-electron chi connectivity index (χ3n) is 2.29. The minimum absolute atomic E-state index is 0.433. The van der Waals surface area contributed by atoms with E-state index >= 15 is 0 Å². The number of pyridine rings is 1. The number of anilines is 1. The lowest BCUT2D eigenvalue weighted by Gasteiger charge is -2.24. The van der Waals surface area contributed by atoms with Crippen LogP contribution in [-0.2, 0) is 4.74 Å². The number of hydrogen-bond acceptors (Lipinski definition) is 3. The lowest BCUT2D eigenvalue weighted by molar-refractivity contribution is 0.0876. The van der Waals surface area contributed by atoms with Crippen molar-refractivity contribution in [2.24, 2.45) is 0 Å². The minimum Gasteiger partial charge on any atom is -0.379 e. The maximum atomic E-state index is 5.40. The average Bonchev–Trinajstić information content (AvgIpc) is 2.23. The number of halogens is 1. The number of rotatable bonds is 2. The van der Waals surface area contributed by atoms with Gasteiger partial charge in [0.2, 0.25) is 0 Å². The van der Waals surface area contributed by atoms with Crippen molar-refractivity contribution in [1.29, 1.82) is 0 Å². The first-order valence-electron chi connectivity index (χ1n) is 4.80. The summed E-state index contributed by atoms with van der Waals surface area (Å²) < 4.78 is 6.41. The smallest absolute Gasteiger partial charge is 0.0667 e. The first-order chi connectivity index (χ1) is 6.86. The van der Waals surface area contributed by atoms with Gasteiger partial charge in [0.1, 0.15) is 0 Å². The molecule has 1 aromatic rings. The van der Waals surface area contributed by atoms with E-state index in [0.29, 0.717) is 6.04 Å². The van der Waals surface area contributed by atoms with Crippen LogP contribution in [0.2, 0.25) is 0 Å². The van der Waals surface area contributed by atoms with Crippen molar-refractivity contribution in [2.75, 3.05) is 18.5 Å². The topological polar surface area (TPSA) is 34.2 Å². The highest BCUT2D eigenvalue weighted by molar-refractivity contribution is 9.10. The van der Waals surface area contributed by atoms with Gasteiger partial charge in [0.15, 0.2) is 0 Å². The molecule has 0 unspecified atom stereocenters. The average molecular weight is 257 g/mol. The van der Waals surface area contributed by atoms with Crippen molar-refractivity contribution in [3.8, 4) is 0 Å². The predicted molar refractivity (Wildman–Crippen MR) is 59.4 cm³/mol. The van der Waals surface area contributed by atoms with Crippen molar-refractivity contribution < 1.29 is 4.74 Å². The van der Waals surface area contributed by atoms with Crippen LogP contribution in [-0.4, -0.2) is 24.2 Å². The molecule has 0 radical (unpaired) electrons. The van der Waals surface area contributed by atoms with Gasteiger partial charge in [0.25, 0.3) is 0 Å². The standard InChI is InChI=1S/C10H13BrN2O/c11-9-6-12-4-3-10(9)13-8-2-1-5-14-7-8/h3-4,6,8H,1-2,5,7H2,(H,12,13)/t8-/m1/s1. The summed E-state index contributed by atoms with van der Waals surface area (Å²) in [6.45, 7) is 1.70. The molecule has 2 heterocycles. The van der Waals surface area contributed by atoms with Crippen LogP contribution >= 0.6 is 15.9 Å². The van der Waals surface area contributed by atoms with E-state index in [1.165, 1.54) is 6.42 Å². The van der Waals surface area contributed by atoms with Gasteiger partial charge in [-0.25, -0.2) is 0 Å². The minimum atomic E-state index is 0.433. The van der Waals surface area contributed by atoms with Crippen molar-refractivity contribution >= 4 is 21.6 Å². The summed E-state index contributed by atoms with van der Waals surface area (Å²) in [6, 6.07) is 2.40. The van der Waals surface area contributed by atoms with Crippen LogP contribution in [0.1, 0.15) is 12.8 Å². The van der Waals surface area contributed by atoms with Gasteiger partial charge < -0.3 is 10.1 Å². The molecule has 0 spiro atoms. The van der Waals surface area contributed by atoms with Gasteiger partial charge in [-0.1, -0.05) is 0 Å². The molecule has 3 nitrogen and oxygen atoms in total. The Kier molecular flexibility index (Phi) is 3.37. The molecule has 1 N–H and O–H groups in total. The van der Waals surface area contributed by atoms with Gasteiger partial charge in [-0.05, 0) is 34.8 Å². The summed E-state index contributed by atoms with van der Waals surface area (Å²) in [7, 11) is 0. The summed E-state index contributed by atoms with van der Waals surface area (Å²) in [5.41, 5.74) is 1.09. The van der Waals surface area contributed by atoms with E-state index < -0.39 is 0 Å². The second-order valence-corrected chi connectivity index (χ2v) is 4.27. The molecule has 0 amide bonds. The lowest BCUT2D eigenvalue weighted by Crippen LogP contribution is -2.30. The molecule has 76 valence electrons. The van der Waals surface area contributed by atoms with E-state index in [4.69, 9.17) is 4.74 Å². The van der Waals surface area contributed by atoms with Gasteiger partial charge >= 0.3 is 0 Å². The van der Waals surface area contributed by atoms with Crippen LogP contribution in [0.5, 0.6) is 0 Å². The fourth-order valence-electron chi connectivity index (χ4n) is 1.57. The third-order valence-corrected chi connectivity index (χ3v) is 2.92. The number of aromatic nitrogens is 1. The maximum Gasteiger partial charge on any atom is 0.0667 e. The Labute approximate surface area is 92.0 Å². The molecule has 0 aromatic carbocycles. The highest BCUT2D eigenvalue weighted by atomic mass is 79.9. The number of hydrogen-bond donors (Lipinski definition) is 1. The second kappa shape index (κ2) is 4.75. The Morgan fingerprint density at radius 1 is 1.57 bits per heavy atom. The van der Waals surface area contributed by atoms with Crippen LogP contribution in [0.3, 0.4) is 0 Å². The second-order valence-electron chi connectivity index (χ2n) is 3.41. The van der Waals surface area contributed by atoms with Crippen LogP contribution < -0.4 is 5.32 Å². The Bertz CT molecular complexity index is 300. The maximum absolute atomic E-state index is 5.40. The first-order valence-corrected chi connectivity index (χ1v) is 5.59. The van der Waals surface area contributed by atoms with E-state index in [9.17, 15) is 0 Å². The molecule has 0 aliphatic carbocycles. The van der Waals surface area contributed by atoms with Crippen molar-refractivity contribution in [3.63, 3.8) is 0 Å². The molecule has 0 bridgehead atoms. The Balaban J connectivity index is 1.99. The molecule has 1 aliphatic rings. The molecule has 1 aliphatic heterocycles. The molecular weight excluding hydrogens is 244 g/mol. The normalized spacial score (nSPS) is 21.9. The van der Waals surface area contributed by atoms with Gasteiger partial charge in [-0.3, -0.25) is 4.98 Å². The highest BCUT2D eigenvalue weighted by Gasteiger charge is 2.14. The van der Waals surface area contributed by atoms with Gasteiger partial charge in [0, 0.05) is 25.0 Å². The molecule has 1 aromatic heterocycles. The Hall–Kier alpha value is -0.610. The molecule has 1 saturated heterocycles. The van der Waals surface area contributed by atoms with Gasteiger partial charge in [0.05, 0.1) is 16.8 Å². The molecule has 2 rings (SSSR count). The van der Waals surface area contributed by atoms with E-state index in [1.54, 1.807) is 12.4 Å². The zero-order valence-electron chi connectivity index (χ0n) is 7.87.